The van der Waals surface area contributed by atoms with Crippen LogP contribution in [0.5, 0.6) is 0 Å². The van der Waals surface area contributed by atoms with Gasteiger partial charge in [-0.1, -0.05) is 12.1 Å². The van der Waals surface area contributed by atoms with E-state index in [2.05, 4.69) is 31.3 Å². The summed E-state index contributed by atoms with van der Waals surface area (Å²) >= 11 is 0. The van der Waals surface area contributed by atoms with E-state index in [-0.39, 0.29) is 6.54 Å². The zero-order valence-electron chi connectivity index (χ0n) is 15.5. The number of nitrogens with one attached hydrogen (secondary N) is 2. The molecule has 0 amide bonds. The first kappa shape index (κ1) is 19.4. The maximum atomic E-state index is 12.6. The third-order valence-electron chi connectivity index (χ3n) is 4.59. The fraction of sp³-hybridized carbons (Fsp3) is 0.143. The van der Waals surface area contributed by atoms with Crippen molar-refractivity contribution < 1.29 is 13.2 Å². The Morgan fingerprint density at radius 1 is 1.07 bits per heavy atom. The first-order chi connectivity index (χ1) is 14.4. The fourth-order valence-electron chi connectivity index (χ4n) is 3.09. The van der Waals surface area contributed by atoms with Gasteiger partial charge >= 0.3 is 6.18 Å². The summed E-state index contributed by atoms with van der Waals surface area (Å²) in [6.07, 6.45) is 2.28. The number of anilines is 1. The van der Waals surface area contributed by atoms with Crippen molar-refractivity contribution in [2.45, 2.75) is 19.1 Å². The van der Waals surface area contributed by atoms with E-state index in [1.165, 1.54) is 18.5 Å². The fourth-order valence-corrected chi connectivity index (χ4v) is 3.09. The molecular weight excluding hydrogens is 393 g/mol. The smallest absolute Gasteiger partial charge is 0.366 e. The number of pyridine rings is 3. The highest BCUT2D eigenvalue weighted by Crippen LogP contribution is 2.27. The van der Waals surface area contributed by atoms with Crippen LogP contribution in [0.3, 0.4) is 0 Å². The molecule has 0 fully saturated rings. The first-order valence-electron chi connectivity index (χ1n) is 9.00. The monoisotopic (exact) mass is 408 g/mol. The Morgan fingerprint density at radius 3 is 2.67 bits per heavy atom. The molecule has 0 radical (unpaired) electrons. The molecule has 6 nitrogen and oxygen atoms in total. The molecule has 9 heteroatoms. The summed E-state index contributed by atoms with van der Waals surface area (Å²) in [6, 6.07) is 9.95. The molecule has 0 unspecified atom stereocenters. The molecule has 0 aliphatic rings. The van der Waals surface area contributed by atoms with Gasteiger partial charge < -0.3 is 10.3 Å². The number of nitriles is 1. The molecule has 0 atom stereocenters. The van der Waals surface area contributed by atoms with E-state index < -0.39 is 11.9 Å². The molecule has 0 aliphatic carbocycles. The van der Waals surface area contributed by atoms with E-state index in [1.807, 2.05) is 18.3 Å². The predicted octanol–water partition coefficient (Wildman–Crippen LogP) is 4.45. The second kappa shape index (κ2) is 7.83. The molecule has 150 valence electrons. The maximum Gasteiger partial charge on any atom is 0.433 e. The van der Waals surface area contributed by atoms with Crippen molar-refractivity contribution in [2.75, 3.05) is 5.32 Å². The third-order valence-corrected chi connectivity index (χ3v) is 4.59. The van der Waals surface area contributed by atoms with Crippen molar-refractivity contribution in [3.8, 4) is 6.07 Å². The van der Waals surface area contributed by atoms with Crippen LogP contribution in [0.1, 0.15) is 27.9 Å². The Morgan fingerprint density at radius 2 is 1.93 bits per heavy atom. The van der Waals surface area contributed by atoms with E-state index in [0.29, 0.717) is 29.0 Å². The Bertz CT molecular complexity index is 1220. The van der Waals surface area contributed by atoms with Gasteiger partial charge in [0.15, 0.2) is 0 Å². The Labute approximate surface area is 169 Å². The number of hydrogen-bond acceptors (Lipinski definition) is 5. The van der Waals surface area contributed by atoms with Gasteiger partial charge in [0.05, 0.1) is 5.56 Å². The molecule has 0 saturated heterocycles. The van der Waals surface area contributed by atoms with Crippen LogP contribution in [-0.2, 0) is 19.1 Å². The third kappa shape index (κ3) is 4.07. The summed E-state index contributed by atoms with van der Waals surface area (Å²) < 4.78 is 37.9. The van der Waals surface area contributed by atoms with Gasteiger partial charge in [-0.2, -0.15) is 18.4 Å². The van der Waals surface area contributed by atoms with Crippen LogP contribution < -0.4 is 5.32 Å². The van der Waals surface area contributed by atoms with Gasteiger partial charge in [0, 0.05) is 43.1 Å². The van der Waals surface area contributed by atoms with Gasteiger partial charge in [-0.3, -0.25) is 4.98 Å². The van der Waals surface area contributed by atoms with Crippen LogP contribution in [-0.4, -0.2) is 19.9 Å². The molecule has 4 rings (SSSR count). The Balaban J connectivity index is 1.53. The number of alkyl halides is 3. The second-order valence-corrected chi connectivity index (χ2v) is 6.64. The number of aromatic amines is 1. The van der Waals surface area contributed by atoms with E-state index in [9.17, 15) is 13.2 Å². The number of fused-ring (bicyclic) bond motifs is 1. The SMILES string of the molecule is N#Cc1cnc2[nH]cc(Cc3cccnc3NCc3ccc(C(F)(F)F)nc3)c2c1. The van der Waals surface area contributed by atoms with Crippen molar-refractivity contribution in [3.63, 3.8) is 0 Å². The van der Waals surface area contributed by atoms with Gasteiger partial charge in [0.2, 0.25) is 0 Å². The summed E-state index contributed by atoms with van der Waals surface area (Å²) in [7, 11) is 0. The largest absolute Gasteiger partial charge is 0.433 e. The van der Waals surface area contributed by atoms with Crippen LogP contribution in [0.2, 0.25) is 0 Å². The predicted molar refractivity (Wildman–Crippen MR) is 104 cm³/mol. The van der Waals surface area contributed by atoms with Crippen molar-refractivity contribution in [2.24, 2.45) is 0 Å². The lowest BCUT2D eigenvalue weighted by Crippen LogP contribution is -2.09. The maximum absolute atomic E-state index is 12.6. The highest BCUT2D eigenvalue weighted by atomic mass is 19.4. The van der Waals surface area contributed by atoms with Crippen molar-refractivity contribution in [1.82, 2.24) is 19.9 Å². The Kier molecular flexibility index (Phi) is 5.06. The molecule has 4 aromatic heterocycles. The summed E-state index contributed by atoms with van der Waals surface area (Å²) in [6.45, 7) is 0.281. The van der Waals surface area contributed by atoms with Crippen LogP contribution in [0, 0.1) is 11.3 Å². The van der Waals surface area contributed by atoms with Crippen LogP contribution in [0.4, 0.5) is 19.0 Å². The molecule has 2 N–H and O–H groups in total. The van der Waals surface area contributed by atoms with Gasteiger partial charge in [-0.15, -0.1) is 0 Å². The minimum atomic E-state index is -4.46. The number of nitrogens with zero attached hydrogens (tertiary/aromatic N) is 4. The molecule has 0 saturated carbocycles. The minimum absolute atomic E-state index is 0.281. The van der Waals surface area contributed by atoms with E-state index in [1.54, 1.807) is 12.3 Å². The molecule has 4 heterocycles. The van der Waals surface area contributed by atoms with Crippen LogP contribution in [0.25, 0.3) is 11.0 Å². The van der Waals surface area contributed by atoms with E-state index in [4.69, 9.17) is 5.26 Å². The standard InChI is InChI=1S/C21H15F3N6/c22-21(23,24)18-4-3-13(9-27-18)10-28-19-15(2-1-5-26-19)7-16-12-30-20-17(16)6-14(8-25)11-29-20/h1-6,9,11-12H,7,10H2,(H,26,28)(H,29,30). The van der Waals surface area contributed by atoms with Crippen LogP contribution in [0.15, 0.2) is 55.1 Å². The van der Waals surface area contributed by atoms with Gasteiger partial charge in [-0.25, -0.2) is 9.97 Å². The minimum Gasteiger partial charge on any atom is -0.366 e. The lowest BCUT2D eigenvalue weighted by atomic mass is 10.0. The average Bonchev–Trinajstić information content (AvgIpc) is 3.14. The zero-order chi connectivity index (χ0) is 21.1. The zero-order valence-corrected chi connectivity index (χ0v) is 15.5. The molecule has 0 aliphatic heterocycles. The number of rotatable bonds is 5. The number of halogens is 3. The molecule has 0 spiro atoms. The van der Waals surface area contributed by atoms with Crippen molar-refractivity contribution >= 4 is 16.9 Å². The molecule has 0 aromatic carbocycles. The summed E-state index contributed by atoms with van der Waals surface area (Å²) in [5.41, 5.74) is 2.72. The summed E-state index contributed by atoms with van der Waals surface area (Å²) in [5, 5.41) is 13.1. The first-order valence-corrected chi connectivity index (χ1v) is 9.00. The summed E-state index contributed by atoms with van der Waals surface area (Å²) in [4.78, 5) is 15.2. The van der Waals surface area contributed by atoms with Crippen molar-refractivity contribution in [1.29, 1.82) is 5.26 Å². The highest BCUT2D eigenvalue weighted by molar-refractivity contribution is 5.81. The van der Waals surface area contributed by atoms with Gasteiger partial charge in [0.1, 0.15) is 23.2 Å². The number of hydrogen-bond donors (Lipinski definition) is 2. The average molecular weight is 408 g/mol. The van der Waals surface area contributed by atoms with Gasteiger partial charge in [-0.05, 0) is 34.9 Å². The lowest BCUT2D eigenvalue weighted by Gasteiger charge is -2.11. The lowest BCUT2D eigenvalue weighted by molar-refractivity contribution is -0.141. The highest BCUT2D eigenvalue weighted by Gasteiger charge is 2.31. The molecule has 0 bridgehead atoms. The van der Waals surface area contributed by atoms with E-state index >= 15 is 0 Å². The van der Waals surface area contributed by atoms with Crippen molar-refractivity contribution in [3.05, 3.63) is 83.1 Å². The quantitative estimate of drug-likeness (QED) is 0.509. The van der Waals surface area contributed by atoms with Gasteiger partial charge in [0.25, 0.3) is 0 Å². The topological polar surface area (TPSA) is 90.3 Å². The second-order valence-electron chi connectivity index (χ2n) is 6.64. The number of aromatic nitrogens is 4. The summed E-state index contributed by atoms with van der Waals surface area (Å²) in [5.74, 6) is 0.621. The molecule has 30 heavy (non-hydrogen) atoms. The molecule has 4 aromatic rings. The van der Waals surface area contributed by atoms with E-state index in [0.717, 1.165) is 22.6 Å². The van der Waals surface area contributed by atoms with Crippen LogP contribution >= 0.6 is 0 Å². The molecular formula is C21H15F3N6. The normalized spacial score (nSPS) is 11.4. The Hall–Kier alpha value is -3.93. The number of H-pyrrole nitrogens is 1.